The summed E-state index contributed by atoms with van der Waals surface area (Å²) in [6.07, 6.45) is -0.247. The van der Waals surface area contributed by atoms with Gasteiger partial charge in [-0.3, -0.25) is 5.26 Å². The Morgan fingerprint density at radius 3 is 2.08 bits per heavy atom. The minimum atomic E-state index is -0.247. The van der Waals surface area contributed by atoms with Gasteiger partial charge in [0.25, 0.3) is 0 Å². The molecule has 1 unspecified atom stereocenters. The van der Waals surface area contributed by atoms with Crippen molar-refractivity contribution in [2.24, 2.45) is 0 Å². The molecule has 0 radical (unpaired) electrons. The molecule has 2 nitrogen and oxygen atoms in total. The average molecular weight is 166 g/mol. The van der Waals surface area contributed by atoms with Crippen LogP contribution in [0.3, 0.4) is 0 Å². The van der Waals surface area contributed by atoms with Gasteiger partial charge in [-0.25, -0.2) is 4.89 Å². The number of benzene rings is 1. The maximum atomic E-state index is 8.47. The van der Waals surface area contributed by atoms with E-state index in [-0.39, 0.29) is 6.10 Å². The highest BCUT2D eigenvalue weighted by atomic mass is 17.1. The molecule has 0 bridgehead atoms. The average Bonchev–Trinajstić information content (AvgIpc) is 2.01. The van der Waals surface area contributed by atoms with E-state index in [2.05, 4.69) is 11.0 Å². The van der Waals surface area contributed by atoms with Crippen molar-refractivity contribution in [3.8, 4) is 0 Å². The Hall–Kier alpha value is -0.860. The molecule has 2 heteroatoms. The van der Waals surface area contributed by atoms with Crippen molar-refractivity contribution in [3.63, 3.8) is 0 Å². The molecular formula is C10H14O2. The van der Waals surface area contributed by atoms with Gasteiger partial charge in [0.1, 0.15) is 6.10 Å². The van der Waals surface area contributed by atoms with Crippen LogP contribution >= 0.6 is 0 Å². The zero-order chi connectivity index (χ0) is 9.14. The van der Waals surface area contributed by atoms with Crippen molar-refractivity contribution in [2.75, 3.05) is 0 Å². The largest absolute Gasteiger partial charge is 0.251 e. The molecule has 0 saturated heterocycles. The third-order valence-electron chi connectivity index (χ3n) is 1.87. The summed E-state index contributed by atoms with van der Waals surface area (Å²) >= 11 is 0. The fourth-order valence-electron chi connectivity index (χ4n) is 1.31. The minimum absolute atomic E-state index is 0.247. The third kappa shape index (κ3) is 2.06. The molecule has 1 N–H and O–H groups in total. The maximum absolute atomic E-state index is 8.47. The van der Waals surface area contributed by atoms with Gasteiger partial charge in [-0.1, -0.05) is 29.3 Å². The van der Waals surface area contributed by atoms with Crippen LogP contribution in [0.15, 0.2) is 18.2 Å². The van der Waals surface area contributed by atoms with Gasteiger partial charge in [0, 0.05) is 0 Å². The Morgan fingerprint density at radius 2 is 1.67 bits per heavy atom. The first kappa shape index (κ1) is 9.23. The zero-order valence-electron chi connectivity index (χ0n) is 7.66. The number of aryl methyl sites for hydroxylation is 2. The fourth-order valence-corrected chi connectivity index (χ4v) is 1.31. The molecule has 0 amide bonds. The van der Waals surface area contributed by atoms with Crippen molar-refractivity contribution in [3.05, 3.63) is 34.9 Å². The first-order valence-electron chi connectivity index (χ1n) is 4.02. The zero-order valence-corrected chi connectivity index (χ0v) is 7.66. The van der Waals surface area contributed by atoms with Crippen LogP contribution < -0.4 is 0 Å². The summed E-state index contributed by atoms with van der Waals surface area (Å²) in [5.41, 5.74) is 3.39. The summed E-state index contributed by atoms with van der Waals surface area (Å²) in [5, 5.41) is 8.47. The van der Waals surface area contributed by atoms with E-state index in [9.17, 15) is 0 Å². The van der Waals surface area contributed by atoms with Gasteiger partial charge in [0.15, 0.2) is 0 Å². The summed E-state index contributed by atoms with van der Waals surface area (Å²) in [6, 6.07) is 6.11. The highest BCUT2D eigenvalue weighted by Crippen LogP contribution is 2.18. The summed E-state index contributed by atoms with van der Waals surface area (Å²) in [5.74, 6) is 0. The first-order valence-corrected chi connectivity index (χ1v) is 4.02. The summed E-state index contributed by atoms with van der Waals surface area (Å²) in [7, 11) is 0. The Kier molecular flexibility index (Phi) is 2.84. The SMILES string of the molecule is Cc1cc(C)cc(C(C)OO)c1. The normalized spacial score (nSPS) is 13.0. The standard InChI is InChI=1S/C10H14O2/c1-7-4-8(2)6-10(5-7)9(3)12-11/h4-6,9,11H,1-3H3. The fraction of sp³-hybridized carbons (Fsp3) is 0.400. The molecule has 1 aromatic carbocycles. The first-order chi connectivity index (χ1) is 5.63. The van der Waals surface area contributed by atoms with Crippen molar-refractivity contribution in [2.45, 2.75) is 26.9 Å². The van der Waals surface area contributed by atoms with E-state index >= 15 is 0 Å². The van der Waals surface area contributed by atoms with E-state index in [1.165, 1.54) is 11.1 Å². The molecule has 0 fully saturated rings. The molecule has 0 aliphatic carbocycles. The summed E-state index contributed by atoms with van der Waals surface area (Å²) in [4.78, 5) is 4.25. The lowest BCUT2D eigenvalue weighted by atomic mass is 10.0. The van der Waals surface area contributed by atoms with Gasteiger partial charge in [-0.15, -0.1) is 0 Å². The summed E-state index contributed by atoms with van der Waals surface area (Å²) in [6.45, 7) is 5.87. The van der Waals surface area contributed by atoms with Crippen LogP contribution in [0.5, 0.6) is 0 Å². The van der Waals surface area contributed by atoms with Crippen LogP contribution in [-0.2, 0) is 4.89 Å². The van der Waals surface area contributed by atoms with E-state index in [4.69, 9.17) is 5.26 Å². The molecule has 0 saturated carbocycles. The van der Waals surface area contributed by atoms with Gasteiger partial charge >= 0.3 is 0 Å². The molecule has 0 aromatic heterocycles. The molecule has 1 aromatic rings. The second-order valence-electron chi connectivity index (χ2n) is 3.17. The Labute approximate surface area is 72.7 Å². The van der Waals surface area contributed by atoms with E-state index in [0.717, 1.165) is 5.56 Å². The van der Waals surface area contributed by atoms with Gasteiger partial charge < -0.3 is 0 Å². The topological polar surface area (TPSA) is 29.5 Å². The van der Waals surface area contributed by atoms with Crippen LogP contribution in [0.1, 0.15) is 29.7 Å². The maximum Gasteiger partial charge on any atom is 0.115 e. The van der Waals surface area contributed by atoms with Crippen molar-refractivity contribution in [1.82, 2.24) is 0 Å². The highest BCUT2D eigenvalue weighted by Gasteiger charge is 2.05. The monoisotopic (exact) mass is 166 g/mol. The highest BCUT2D eigenvalue weighted by molar-refractivity contribution is 5.29. The lowest BCUT2D eigenvalue weighted by Gasteiger charge is -2.09. The smallest absolute Gasteiger partial charge is 0.115 e. The number of hydrogen-bond acceptors (Lipinski definition) is 2. The minimum Gasteiger partial charge on any atom is -0.251 e. The molecule has 0 spiro atoms. The van der Waals surface area contributed by atoms with Crippen molar-refractivity contribution < 1.29 is 10.1 Å². The predicted octanol–water partition coefficient (Wildman–Crippen LogP) is 2.85. The van der Waals surface area contributed by atoms with E-state index < -0.39 is 0 Å². The third-order valence-corrected chi connectivity index (χ3v) is 1.87. The van der Waals surface area contributed by atoms with Crippen molar-refractivity contribution in [1.29, 1.82) is 0 Å². The molecule has 12 heavy (non-hydrogen) atoms. The van der Waals surface area contributed by atoms with Crippen molar-refractivity contribution >= 4 is 0 Å². The quantitative estimate of drug-likeness (QED) is 0.540. The van der Waals surface area contributed by atoms with E-state index in [1.54, 1.807) is 0 Å². The lowest BCUT2D eigenvalue weighted by Crippen LogP contribution is -1.97. The van der Waals surface area contributed by atoms with Gasteiger partial charge in [0.2, 0.25) is 0 Å². The number of hydrogen-bond donors (Lipinski definition) is 1. The van der Waals surface area contributed by atoms with Crippen LogP contribution in [0.4, 0.5) is 0 Å². The molecule has 0 aliphatic rings. The number of rotatable bonds is 2. The molecule has 0 heterocycles. The Bertz CT molecular complexity index is 248. The van der Waals surface area contributed by atoms with Gasteiger partial charge in [0.05, 0.1) is 0 Å². The van der Waals surface area contributed by atoms with Crippen LogP contribution in [0, 0.1) is 13.8 Å². The van der Waals surface area contributed by atoms with Crippen LogP contribution in [0.2, 0.25) is 0 Å². The van der Waals surface area contributed by atoms with E-state index in [0.29, 0.717) is 0 Å². The second-order valence-corrected chi connectivity index (χ2v) is 3.17. The molecule has 66 valence electrons. The summed E-state index contributed by atoms with van der Waals surface area (Å²) < 4.78 is 0. The van der Waals surface area contributed by atoms with Crippen LogP contribution in [-0.4, -0.2) is 5.26 Å². The Balaban J connectivity index is 3.00. The Morgan fingerprint density at radius 1 is 1.17 bits per heavy atom. The molecule has 0 aliphatic heterocycles. The molecule has 1 rings (SSSR count). The van der Waals surface area contributed by atoms with Crippen LogP contribution in [0.25, 0.3) is 0 Å². The molecule has 1 atom stereocenters. The lowest BCUT2D eigenvalue weighted by molar-refractivity contribution is -0.277. The second kappa shape index (κ2) is 3.70. The van der Waals surface area contributed by atoms with Gasteiger partial charge in [-0.05, 0) is 26.3 Å². The van der Waals surface area contributed by atoms with Gasteiger partial charge in [-0.2, -0.15) is 0 Å². The molecular weight excluding hydrogens is 152 g/mol. The van der Waals surface area contributed by atoms with E-state index in [1.807, 2.05) is 32.9 Å². The predicted molar refractivity (Wildman–Crippen MR) is 48.0 cm³/mol.